The molecule has 2 aromatic carbocycles. The van der Waals surface area contributed by atoms with Crippen molar-refractivity contribution in [1.82, 2.24) is 4.72 Å². The van der Waals surface area contributed by atoms with E-state index in [2.05, 4.69) is 4.72 Å². The molecule has 2 atom stereocenters. The molecule has 1 unspecified atom stereocenters. The van der Waals surface area contributed by atoms with E-state index >= 15 is 0 Å². The Balaban J connectivity index is 1.65. The van der Waals surface area contributed by atoms with Crippen LogP contribution >= 0.6 is 11.3 Å². The Morgan fingerprint density at radius 3 is 2.34 bits per heavy atom. The number of sulfonamides is 1. The summed E-state index contributed by atoms with van der Waals surface area (Å²) in [7, 11) is -4.01. The van der Waals surface area contributed by atoms with E-state index in [0.717, 1.165) is 27.3 Å². The van der Waals surface area contributed by atoms with E-state index in [1.54, 1.807) is 25.1 Å². The monoisotopic (exact) mass is 428 g/mol. The molecule has 1 heterocycles. The first kappa shape index (κ1) is 19.6. The number of nitrogens with one attached hydrogen (secondary N) is 1. The number of aliphatic carboxylic acids is 1. The molecule has 0 saturated heterocycles. The number of benzene rings is 2. The van der Waals surface area contributed by atoms with Crippen molar-refractivity contribution in [3.8, 4) is 10.4 Å². The second-order valence-corrected chi connectivity index (χ2v) is 10.4. The number of carboxylic acids is 1. The SMILES string of the molecule is CC1(c2ccccc2)C[C@]1(NS(=O)(=O)c1ccc(-c2ccc(N)cc2)s1)C(=O)O. The van der Waals surface area contributed by atoms with Gasteiger partial charge in [-0.2, -0.15) is 4.72 Å². The van der Waals surface area contributed by atoms with Crippen molar-refractivity contribution in [3.05, 3.63) is 72.3 Å². The third-order valence-electron chi connectivity index (χ3n) is 5.56. The van der Waals surface area contributed by atoms with Crippen molar-refractivity contribution < 1.29 is 18.3 Å². The maximum atomic E-state index is 13.0. The predicted octanol–water partition coefficient (Wildman–Crippen LogP) is 3.46. The van der Waals surface area contributed by atoms with Gasteiger partial charge in [-0.05, 0) is 41.8 Å². The quantitative estimate of drug-likeness (QED) is 0.521. The highest BCUT2D eigenvalue weighted by Crippen LogP contribution is 2.58. The van der Waals surface area contributed by atoms with Crippen LogP contribution in [0.3, 0.4) is 0 Å². The normalized spacial score (nSPS) is 23.6. The van der Waals surface area contributed by atoms with Gasteiger partial charge in [-0.1, -0.05) is 49.4 Å². The van der Waals surface area contributed by atoms with E-state index in [9.17, 15) is 18.3 Å². The van der Waals surface area contributed by atoms with Gasteiger partial charge in [0, 0.05) is 16.0 Å². The Morgan fingerprint density at radius 2 is 1.72 bits per heavy atom. The number of anilines is 1. The molecule has 0 amide bonds. The van der Waals surface area contributed by atoms with Crippen molar-refractivity contribution in [2.45, 2.75) is 28.5 Å². The molecule has 6 nitrogen and oxygen atoms in total. The van der Waals surface area contributed by atoms with Crippen molar-refractivity contribution in [3.63, 3.8) is 0 Å². The average Bonchev–Trinajstić information content (AvgIpc) is 3.05. The van der Waals surface area contributed by atoms with E-state index in [1.807, 2.05) is 42.5 Å². The minimum Gasteiger partial charge on any atom is -0.480 e. The van der Waals surface area contributed by atoms with Gasteiger partial charge in [-0.25, -0.2) is 8.42 Å². The Hall–Kier alpha value is -2.68. The van der Waals surface area contributed by atoms with Crippen LogP contribution in [-0.4, -0.2) is 25.0 Å². The van der Waals surface area contributed by atoms with Crippen LogP contribution in [0.4, 0.5) is 5.69 Å². The fourth-order valence-electron chi connectivity index (χ4n) is 3.69. The van der Waals surface area contributed by atoms with E-state index in [1.165, 1.54) is 6.07 Å². The molecule has 0 spiro atoms. The first-order valence-electron chi connectivity index (χ1n) is 8.97. The molecule has 4 N–H and O–H groups in total. The summed E-state index contributed by atoms with van der Waals surface area (Å²) in [6.07, 6.45) is 0.189. The molecule has 4 rings (SSSR count). The topological polar surface area (TPSA) is 109 Å². The molecule has 1 aromatic heterocycles. The zero-order valence-corrected chi connectivity index (χ0v) is 17.3. The van der Waals surface area contributed by atoms with Gasteiger partial charge in [-0.15, -0.1) is 11.3 Å². The smallest absolute Gasteiger partial charge is 0.325 e. The zero-order valence-electron chi connectivity index (χ0n) is 15.6. The number of rotatable bonds is 6. The lowest BCUT2D eigenvalue weighted by Gasteiger charge is -2.20. The van der Waals surface area contributed by atoms with Crippen LogP contribution in [0, 0.1) is 0 Å². The standard InChI is InChI=1S/C21H20N2O4S2/c1-20(15-5-3-2-4-6-15)13-21(20,19(24)25)23-29(26,27)18-12-11-17(28-18)14-7-9-16(22)10-8-14/h2-12,23H,13,22H2,1H3,(H,24,25)/t20?,21-/m0/s1. The molecule has 1 aliphatic rings. The highest BCUT2D eigenvalue weighted by Gasteiger charge is 2.72. The lowest BCUT2D eigenvalue weighted by molar-refractivity contribution is -0.140. The molecule has 1 saturated carbocycles. The summed E-state index contributed by atoms with van der Waals surface area (Å²) < 4.78 is 28.6. The highest BCUT2D eigenvalue weighted by molar-refractivity contribution is 7.91. The number of hydrogen-bond acceptors (Lipinski definition) is 5. The lowest BCUT2D eigenvalue weighted by Crippen LogP contribution is -2.47. The highest BCUT2D eigenvalue weighted by atomic mass is 32.2. The van der Waals surface area contributed by atoms with Gasteiger partial charge >= 0.3 is 5.97 Å². The fraction of sp³-hybridized carbons (Fsp3) is 0.190. The van der Waals surface area contributed by atoms with Crippen LogP contribution in [0.5, 0.6) is 0 Å². The van der Waals surface area contributed by atoms with Crippen LogP contribution < -0.4 is 10.5 Å². The Labute approximate surface area is 173 Å². The van der Waals surface area contributed by atoms with E-state index in [4.69, 9.17) is 5.73 Å². The minimum atomic E-state index is -4.01. The Bertz CT molecular complexity index is 1170. The summed E-state index contributed by atoms with van der Waals surface area (Å²) in [5.74, 6) is -1.18. The van der Waals surface area contributed by atoms with Crippen molar-refractivity contribution in [2.75, 3.05) is 5.73 Å². The van der Waals surface area contributed by atoms with Gasteiger partial charge in [-0.3, -0.25) is 4.79 Å². The number of nitrogens with two attached hydrogens (primary N) is 1. The van der Waals surface area contributed by atoms with E-state index < -0.39 is 26.9 Å². The summed E-state index contributed by atoms with van der Waals surface area (Å²) in [4.78, 5) is 12.9. The molecular weight excluding hydrogens is 408 g/mol. The van der Waals surface area contributed by atoms with Gasteiger partial charge in [0.15, 0.2) is 0 Å². The first-order valence-corrected chi connectivity index (χ1v) is 11.3. The molecule has 0 aliphatic heterocycles. The van der Waals surface area contributed by atoms with E-state index in [0.29, 0.717) is 5.69 Å². The van der Waals surface area contributed by atoms with Gasteiger partial charge < -0.3 is 10.8 Å². The van der Waals surface area contributed by atoms with Crippen LogP contribution in [0.15, 0.2) is 70.9 Å². The van der Waals surface area contributed by atoms with Crippen molar-refractivity contribution in [2.24, 2.45) is 0 Å². The maximum Gasteiger partial charge on any atom is 0.325 e. The van der Waals surface area contributed by atoms with Crippen molar-refractivity contribution in [1.29, 1.82) is 0 Å². The van der Waals surface area contributed by atoms with Gasteiger partial charge in [0.25, 0.3) is 10.0 Å². The average molecular weight is 429 g/mol. The van der Waals surface area contributed by atoms with Crippen LogP contribution in [0.2, 0.25) is 0 Å². The molecule has 8 heteroatoms. The summed E-state index contributed by atoms with van der Waals surface area (Å²) in [5, 5.41) is 9.88. The lowest BCUT2D eigenvalue weighted by atomic mass is 9.93. The first-order chi connectivity index (χ1) is 13.7. The summed E-state index contributed by atoms with van der Waals surface area (Å²) in [5.41, 5.74) is 5.57. The van der Waals surface area contributed by atoms with Gasteiger partial charge in [0.05, 0.1) is 0 Å². The predicted molar refractivity (Wildman–Crippen MR) is 113 cm³/mol. The zero-order chi connectivity index (χ0) is 20.9. The van der Waals surface area contributed by atoms with Gasteiger partial charge in [0.1, 0.15) is 9.75 Å². The number of hydrogen-bond donors (Lipinski definition) is 3. The molecule has 150 valence electrons. The largest absolute Gasteiger partial charge is 0.480 e. The molecule has 1 fully saturated rings. The second-order valence-electron chi connectivity index (χ2n) is 7.43. The number of carboxylic acid groups (broad SMARTS) is 1. The minimum absolute atomic E-state index is 0.0762. The fourth-order valence-corrected chi connectivity index (χ4v) is 6.46. The summed E-state index contributed by atoms with van der Waals surface area (Å²) in [6.45, 7) is 1.77. The molecule has 3 aromatic rings. The Morgan fingerprint density at radius 1 is 1.07 bits per heavy atom. The van der Waals surface area contributed by atoms with Gasteiger partial charge in [0.2, 0.25) is 0 Å². The molecule has 0 radical (unpaired) electrons. The summed E-state index contributed by atoms with van der Waals surface area (Å²) >= 11 is 1.09. The molecule has 29 heavy (non-hydrogen) atoms. The third kappa shape index (κ3) is 3.23. The summed E-state index contributed by atoms with van der Waals surface area (Å²) in [6, 6.07) is 19.5. The van der Waals surface area contributed by atoms with E-state index in [-0.39, 0.29) is 10.6 Å². The third-order valence-corrected chi connectivity index (χ3v) is 8.68. The second kappa shape index (κ2) is 6.69. The number of thiophene rings is 1. The van der Waals surface area contributed by atoms with Crippen LogP contribution in [0.1, 0.15) is 18.9 Å². The van der Waals surface area contributed by atoms with Crippen LogP contribution in [0.25, 0.3) is 10.4 Å². The number of carbonyl (C=O) groups is 1. The number of nitrogen functional groups attached to an aromatic ring is 1. The molecule has 1 aliphatic carbocycles. The molecular formula is C21H20N2O4S2. The van der Waals surface area contributed by atoms with Crippen molar-refractivity contribution >= 4 is 33.0 Å². The Kier molecular flexibility index (Phi) is 4.53. The van der Waals surface area contributed by atoms with Crippen LogP contribution in [-0.2, 0) is 20.2 Å². The molecule has 0 bridgehead atoms. The maximum absolute atomic E-state index is 13.0.